The van der Waals surface area contributed by atoms with Crippen molar-refractivity contribution in [3.63, 3.8) is 0 Å². The average Bonchev–Trinajstić information content (AvgIpc) is 2.89. The van der Waals surface area contributed by atoms with E-state index in [2.05, 4.69) is 10.8 Å². The molecule has 0 saturated carbocycles. The molecule has 0 fully saturated rings. The minimum Gasteiger partial charge on any atom is -0.446 e. The van der Waals surface area contributed by atoms with Gasteiger partial charge in [0.2, 0.25) is 5.09 Å². The molecule has 20 heavy (non-hydrogen) atoms. The highest BCUT2D eigenvalue weighted by Gasteiger charge is 2.28. The molecule has 2 aromatic rings. The van der Waals surface area contributed by atoms with Crippen LogP contribution < -0.4 is 4.72 Å². The third-order valence-electron chi connectivity index (χ3n) is 3.54. The predicted octanol–water partition coefficient (Wildman–Crippen LogP) is 1.39. The summed E-state index contributed by atoms with van der Waals surface area (Å²) in [5, 5.41) is 8.72. The van der Waals surface area contributed by atoms with Gasteiger partial charge in [0, 0.05) is 12.5 Å². The van der Waals surface area contributed by atoms with Gasteiger partial charge in [0.05, 0.1) is 0 Å². The minimum absolute atomic E-state index is 0.158. The van der Waals surface area contributed by atoms with Crippen LogP contribution in [0, 0.1) is 0 Å². The first-order valence-corrected chi connectivity index (χ1v) is 7.85. The smallest absolute Gasteiger partial charge is 0.273 e. The second kappa shape index (κ2) is 5.05. The molecule has 0 bridgehead atoms. The van der Waals surface area contributed by atoms with E-state index in [-0.39, 0.29) is 23.4 Å². The second-order valence-electron chi connectivity index (χ2n) is 4.83. The number of nitrogens with one attached hydrogen (secondary N) is 1. The maximum Gasteiger partial charge on any atom is 0.273 e. The van der Waals surface area contributed by atoms with Crippen LogP contribution in [0.4, 0.5) is 0 Å². The zero-order valence-electron chi connectivity index (χ0n) is 10.7. The van der Waals surface area contributed by atoms with Gasteiger partial charge in [-0.15, -0.1) is 0 Å². The van der Waals surface area contributed by atoms with Crippen LogP contribution in [0.15, 0.2) is 45.9 Å². The van der Waals surface area contributed by atoms with Gasteiger partial charge in [-0.05, 0) is 29.7 Å². The molecule has 2 N–H and O–H groups in total. The summed E-state index contributed by atoms with van der Waals surface area (Å²) < 4.78 is 31.7. The SMILES string of the molecule is O=S(=O)(NCC1Cc2ccccc21)c1ccc(CO)o1. The Kier molecular flexibility index (Phi) is 3.37. The van der Waals surface area contributed by atoms with E-state index >= 15 is 0 Å². The maximum atomic E-state index is 12.0. The van der Waals surface area contributed by atoms with Gasteiger partial charge < -0.3 is 9.52 Å². The molecule has 1 atom stereocenters. The zero-order valence-corrected chi connectivity index (χ0v) is 11.6. The van der Waals surface area contributed by atoms with Crippen molar-refractivity contribution in [1.82, 2.24) is 4.72 Å². The van der Waals surface area contributed by atoms with Crippen molar-refractivity contribution in [2.45, 2.75) is 24.0 Å². The molecule has 1 heterocycles. The van der Waals surface area contributed by atoms with Crippen molar-refractivity contribution in [2.24, 2.45) is 0 Å². The van der Waals surface area contributed by atoms with Crippen LogP contribution in [0.3, 0.4) is 0 Å². The number of benzene rings is 1. The van der Waals surface area contributed by atoms with Crippen molar-refractivity contribution in [2.75, 3.05) is 6.54 Å². The second-order valence-corrected chi connectivity index (χ2v) is 6.53. The molecule has 1 aliphatic carbocycles. The van der Waals surface area contributed by atoms with Crippen molar-refractivity contribution >= 4 is 10.0 Å². The van der Waals surface area contributed by atoms with Crippen LogP contribution in [0.5, 0.6) is 0 Å². The largest absolute Gasteiger partial charge is 0.446 e. The molecule has 106 valence electrons. The molecule has 0 saturated heterocycles. The Morgan fingerprint density at radius 2 is 2.05 bits per heavy atom. The van der Waals surface area contributed by atoms with Gasteiger partial charge in [-0.3, -0.25) is 0 Å². The highest BCUT2D eigenvalue weighted by atomic mass is 32.2. The fraction of sp³-hybridized carbons (Fsp3) is 0.286. The molecule has 0 spiro atoms. The van der Waals surface area contributed by atoms with Gasteiger partial charge in [-0.1, -0.05) is 24.3 Å². The Balaban J connectivity index is 1.67. The summed E-state index contributed by atoms with van der Waals surface area (Å²) in [4.78, 5) is 0. The molecule has 1 unspecified atom stereocenters. The number of hydrogen-bond acceptors (Lipinski definition) is 4. The molecule has 1 aliphatic rings. The van der Waals surface area contributed by atoms with E-state index in [1.54, 1.807) is 0 Å². The number of aliphatic hydroxyl groups is 1. The first-order valence-electron chi connectivity index (χ1n) is 6.37. The topological polar surface area (TPSA) is 79.5 Å². The molecule has 6 heteroatoms. The standard InChI is InChI=1S/C14H15NO4S/c16-9-12-5-6-14(19-12)20(17,18)15-8-11-7-10-3-1-2-4-13(10)11/h1-6,11,15-16H,7-9H2. The third kappa shape index (κ3) is 2.37. The molecule has 0 aliphatic heterocycles. The number of sulfonamides is 1. The van der Waals surface area contributed by atoms with Crippen LogP contribution in [0.2, 0.25) is 0 Å². The van der Waals surface area contributed by atoms with Crippen LogP contribution in [0.1, 0.15) is 22.8 Å². The van der Waals surface area contributed by atoms with E-state index in [1.807, 2.05) is 18.2 Å². The van der Waals surface area contributed by atoms with Crippen molar-refractivity contribution in [3.05, 3.63) is 53.3 Å². The quantitative estimate of drug-likeness (QED) is 0.873. The van der Waals surface area contributed by atoms with Crippen LogP contribution in [-0.4, -0.2) is 20.1 Å². The van der Waals surface area contributed by atoms with Gasteiger partial charge in [0.15, 0.2) is 0 Å². The van der Waals surface area contributed by atoms with Gasteiger partial charge >= 0.3 is 0 Å². The molecule has 3 rings (SSSR count). The average molecular weight is 293 g/mol. The van der Waals surface area contributed by atoms with E-state index in [9.17, 15) is 8.42 Å². The zero-order chi connectivity index (χ0) is 14.2. The lowest BCUT2D eigenvalue weighted by Crippen LogP contribution is -2.33. The van der Waals surface area contributed by atoms with Crippen molar-refractivity contribution in [3.8, 4) is 0 Å². The monoisotopic (exact) mass is 293 g/mol. The van der Waals surface area contributed by atoms with E-state index in [4.69, 9.17) is 9.52 Å². The highest BCUT2D eigenvalue weighted by molar-refractivity contribution is 7.89. The fourth-order valence-electron chi connectivity index (χ4n) is 2.41. The summed E-state index contributed by atoms with van der Waals surface area (Å²) >= 11 is 0. The Bertz CT molecular complexity index is 720. The molecule has 1 aromatic heterocycles. The summed E-state index contributed by atoms with van der Waals surface area (Å²) in [6.07, 6.45) is 0.888. The lowest BCUT2D eigenvalue weighted by atomic mass is 9.78. The first kappa shape index (κ1) is 13.4. The summed E-state index contributed by atoms with van der Waals surface area (Å²) in [5.41, 5.74) is 2.47. The highest BCUT2D eigenvalue weighted by Crippen LogP contribution is 2.34. The Morgan fingerprint density at radius 1 is 1.25 bits per heavy atom. The van der Waals surface area contributed by atoms with Crippen molar-refractivity contribution < 1.29 is 17.9 Å². The maximum absolute atomic E-state index is 12.0. The van der Waals surface area contributed by atoms with E-state index in [1.165, 1.54) is 23.3 Å². The summed E-state index contributed by atoms with van der Waals surface area (Å²) in [5.74, 6) is 0.451. The Hall–Kier alpha value is -1.63. The predicted molar refractivity (Wildman–Crippen MR) is 72.7 cm³/mol. The third-order valence-corrected chi connectivity index (χ3v) is 4.83. The van der Waals surface area contributed by atoms with Gasteiger partial charge in [-0.25, -0.2) is 13.1 Å². The number of furan rings is 1. The molecular weight excluding hydrogens is 278 g/mol. The molecule has 1 aromatic carbocycles. The Morgan fingerprint density at radius 3 is 2.75 bits per heavy atom. The van der Waals surface area contributed by atoms with Crippen LogP contribution in [0.25, 0.3) is 0 Å². The fourth-order valence-corrected chi connectivity index (χ4v) is 3.44. The number of hydrogen-bond donors (Lipinski definition) is 2. The number of rotatable bonds is 5. The van der Waals surface area contributed by atoms with E-state index < -0.39 is 10.0 Å². The van der Waals surface area contributed by atoms with Crippen LogP contribution >= 0.6 is 0 Å². The van der Waals surface area contributed by atoms with Gasteiger partial charge in [0.25, 0.3) is 10.0 Å². The number of aliphatic hydroxyl groups excluding tert-OH is 1. The van der Waals surface area contributed by atoms with Gasteiger partial charge in [0.1, 0.15) is 12.4 Å². The summed E-state index contributed by atoms with van der Waals surface area (Å²) in [6, 6.07) is 10.8. The molecule has 5 nitrogen and oxygen atoms in total. The van der Waals surface area contributed by atoms with Gasteiger partial charge in [-0.2, -0.15) is 0 Å². The lowest BCUT2D eigenvalue weighted by Gasteiger charge is -2.29. The van der Waals surface area contributed by atoms with Crippen molar-refractivity contribution in [1.29, 1.82) is 0 Å². The normalized spacial score (nSPS) is 17.6. The molecule has 0 amide bonds. The van der Waals surface area contributed by atoms with Crippen LogP contribution in [-0.2, 0) is 23.1 Å². The molecule has 0 radical (unpaired) electrons. The lowest BCUT2D eigenvalue weighted by molar-refractivity contribution is 0.236. The minimum atomic E-state index is -3.65. The molecular formula is C14H15NO4S. The summed E-state index contributed by atoms with van der Waals surface area (Å²) in [7, 11) is -3.65. The summed E-state index contributed by atoms with van der Waals surface area (Å²) in [6.45, 7) is 0.0417. The van der Waals surface area contributed by atoms with E-state index in [0.717, 1.165) is 6.42 Å². The Labute approximate surface area is 117 Å². The van der Waals surface area contributed by atoms with E-state index in [0.29, 0.717) is 6.54 Å². The number of fused-ring (bicyclic) bond motifs is 1. The first-order chi connectivity index (χ1) is 9.60.